The summed E-state index contributed by atoms with van der Waals surface area (Å²) in [6, 6.07) is 5.60. The molecule has 1 aromatic carbocycles. The van der Waals surface area contributed by atoms with Crippen LogP contribution in [0.15, 0.2) is 29.2 Å². The number of carboxylic acid groups (broad SMARTS) is 1. The van der Waals surface area contributed by atoms with Gasteiger partial charge in [0.2, 0.25) is 10.0 Å². The highest BCUT2D eigenvalue weighted by Gasteiger charge is 2.26. The number of carbonyl (C=O) groups is 2. The third-order valence-electron chi connectivity index (χ3n) is 4.57. The van der Waals surface area contributed by atoms with Gasteiger partial charge in [-0.2, -0.15) is 0 Å². The topological polar surface area (TPSA) is 122 Å². The van der Waals surface area contributed by atoms with Crippen molar-refractivity contribution in [1.82, 2.24) is 10.0 Å². The number of hydrogen-bond acceptors (Lipinski definition) is 5. The van der Waals surface area contributed by atoms with Crippen LogP contribution in [0.25, 0.3) is 0 Å². The number of ether oxygens (including phenoxy) is 1. The van der Waals surface area contributed by atoms with E-state index in [0.717, 1.165) is 12.8 Å². The summed E-state index contributed by atoms with van der Waals surface area (Å²) < 4.78 is 32.5. The lowest BCUT2D eigenvalue weighted by molar-refractivity contribution is -0.147. The van der Waals surface area contributed by atoms with E-state index in [-0.39, 0.29) is 36.4 Å². The number of hydrogen-bond donors (Lipinski definition) is 3. The molecule has 0 bridgehead atoms. The first-order valence-corrected chi connectivity index (χ1v) is 10.3. The van der Waals surface area contributed by atoms with Crippen LogP contribution in [-0.4, -0.2) is 51.2 Å². The lowest BCUT2D eigenvalue weighted by Crippen LogP contribution is -2.32. The van der Waals surface area contributed by atoms with Gasteiger partial charge in [-0.1, -0.05) is 0 Å². The van der Waals surface area contributed by atoms with E-state index in [1.165, 1.54) is 24.3 Å². The molecule has 1 saturated heterocycles. The Morgan fingerprint density at radius 3 is 2.48 bits per heavy atom. The Hall–Kier alpha value is -1.97. The zero-order valence-electron chi connectivity index (χ0n) is 15.5. The highest BCUT2D eigenvalue weighted by atomic mass is 32.2. The number of sulfonamides is 1. The molecule has 0 radical (unpaired) electrons. The van der Waals surface area contributed by atoms with E-state index in [9.17, 15) is 18.0 Å². The number of rotatable bonds is 9. The highest BCUT2D eigenvalue weighted by Crippen LogP contribution is 2.19. The fourth-order valence-electron chi connectivity index (χ4n) is 2.57. The summed E-state index contributed by atoms with van der Waals surface area (Å²) in [6.45, 7) is 4.26. The lowest BCUT2D eigenvalue weighted by atomic mass is 9.90. The summed E-state index contributed by atoms with van der Waals surface area (Å²) >= 11 is 0. The smallest absolute Gasteiger partial charge is 0.309 e. The van der Waals surface area contributed by atoms with Gasteiger partial charge in [-0.3, -0.25) is 9.59 Å². The Morgan fingerprint density at radius 1 is 1.26 bits per heavy atom. The van der Waals surface area contributed by atoms with Crippen LogP contribution >= 0.6 is 0 Å². The van der Waals surface area contributed by atoms with Crippen molar-refractivity contribution < 1.29 is 27.9 Å². The van der Waals surface area contributed by atoms with Gasteiger partial charge in [0.05, 0.1) is 16.4 Å². The molecule has 1 fully saturated rings. The molecule has 0 aliphatic carbocycles. The fraction of sp³-hybridized carbons (Fsp3) is 0.556. The van der Waals surface area contributed by atoms with E-state index in [4.69, 9.17) is 9.84 Å². The van der Waals surface area contributed by atoms with Gasteiger partial charge >= 0.3 is 5.97 Å². The number of aliphatic carboxylic acids is 1. The molecule has 27 heavy (non-hydrogen) atoms. The quantitative estimate of drug-likeness (QED) is 0.578. The Labute approximate surface area is 159 Å². The largest absolute Gasteiger partial charge is 0.481 e. The zero-order valence-corrected chi connectivity index (χ0v) is 16.3. The molecule has 8 nitrogen and oxygen atoms in total. The molecular formula is C18H26N2O6S. The maximum Gasteiger partial charge on any atom is 0.309 e. The van der Waals surface area contributed by atoms with Gasteiger partial charge in [0.1, 0.15) is 0 Å². The van der Waals surface area contributed by atoms with Crippen LogP contribution in [0.5, 0.6) is 0 Å². The third-order valence-corrected chi connectivity index (χ3v) is 6.01. The molecular weight excluding hydrogens is 372 g/mol. The zero-order chi connectivity index (χ0) is 20.1. The Morgan fingerprint density at radius 2 is 1.93 bits per heavy atom. The predicted molar refractivity (Wildman–Crippen MR) is 99.0 cm³/mol. The molecule has 1 unspecified atom stereocenters. The molecule has 1 amide bonds. The van der Waals surface area contributed by atoms with E-state index >= 15 is 0 Å². The van der Waals surface area contributed by atoms with Crippen LogP contribution in [0, 0.1) is 5.41 Å². The molecule has 0 aromatic heterocycles. The van der Waals surface area contributed by atoms with E-state index in [1.807, 2.05) is 0 Å². The fourth-order valence-corrected chi connectivity index (χ4v) is 3.64. The van der Waals surface area contributed by atoms with Crippen molar-refractivity contribution in [3.63, 3.8) is 0 Å². The molecule has 1 aliphatic heterocycles. The van der Waals surface area contributed by atoms with E-state index in [1.54, 1.807) is 13.8 Å². The summed E-state index contributed by atoms with van der Waals surface area (Å²) in [4.78, 5) is 23.2. The Kier molecular flexibility index (Phi) is 6.96. The van der Waals surface area contributed by atoms with Crippen LogP contribution < -0.4 is 10.0 Å². The Bertz CT molecular complexity index is 768. The first-order valence-electron chi connectivity index (χ1n) is 8.85. The second-order valence-electron chi connectivity index (χ2n) is 7.21. The maximum absolute atomic E-state index is 12.3. The average Bonchev–Trinajstić information content (AvgIpc) is 3.13. The third kappa shape index (κ3) is 6.02. The first-order chi connectivity index (χ1) is 12.6. The minimum Gasteiger partial charge on any atom is -0.481 e. The minimum absolute atomic E-state index is 0.0732. The minimum atomic E-state index is -3.66. The molecule has 1 aromatic rings. The van der Waals surface area contributed by atoms with Gasteiger partial charge in [0.25, 0.3) is 5.91 Å². The molecule has 0 saturated carbocycles. The predicted octanol–water partition coefficient (Wildman–Crippen LogP) is 1.37. The molecule has 1 heterocycles. The molecule has 1 aliphatic rings. The molecule has 2 rings (SSSR count). The normalized spacial score (nSPS) is 17.6. The van der Waals surface area contributed by atoms with Crippen molar-refractivity contribution in [2.45, 2.75) is 44.1 Å². The number of amides is 1. The summed E-state index contributed by atoms with van der Waals surface area (Å²) in [7, 11) is -3.66. The van der Waals surface area contributed by atoms with Crippen LogP contribution in [0.1, 0.15) is 43.5 Å². The van der Waals surface area contributed by atoms with Gasteiger partial charge in [-0.15, -0.1) is 0 Å². The summed E-state index contributed by atoms with van der Waals surface area (Å²) in [5, 5.41) is 11.7. The van der Waals surface area contributed by atoms with E-state index < -0.39 is 21.4 Å². The first kappa shape index (κ1) is 21.3. The van der Waals surface area contributed by atoms with Gasteiger partial charge in [-0.05, 0) is 57.4 Å². The second-order valence-corrected chi connectivity index (χ2v) is 8.97. The molecule has 150 valence electrons. The SMILES string of the molecule is CC(C)(CCNC(=O)c1ccc(S(=O)(=O)NCC2CCCO2)cc1)C(=O)O. The molecule has 1 atom stereocenters. The van der Waals surface area contributed by atoms with Crippen LogP contribution in [-0.2, 0) is 19.6 Å². The highest BCUT2D eigenvalue weighted by molar-refractivity contribution is 7.89. The number of carboxylic acids is 1. The van der Waals surface area contributed by atoms with Crippen LogP contribution in [0.4, 0.5) is 0 Å². The Balaban J connectivity index is 1.89. The van der Waals surface area contributed by atoms with Gasteiger partial charge in [0.15, 0.2) is 0 Å². The monoisotopic (exact) mass is 398 g/mol. The standard InChI is InChI=1S/C18H26N2O6S/c1-18(2,17(22)23)9-10-19-16(21)13-5-7-15(8-6-13)27(24,25)20-12-14-4-3-11-26-14/h5-8,14,20H,3-4,9-12H2,1-2H3,(H,19,21)(H,22,23). The molecule has 0 spiro atoms. The van der Waals surface area contributed by atoms with Crippen molar-refractivity contribution in [2.24, 2.45) is 5.41 Å². The number of benzene rings is 1. The number of carbonyl (C=O) groups excluding carboxylic acids is 1. The van der Waals surface area contributed by atoms with Crippen molar-refractivity contribution in [1.29, 1.82) is 0 Å². The molecule has 3 N–H and O–H groups in total. The van der Waals surface area contributed by atoms with Crippen molar-refractivity contribution in [3.05, 3.63) is 29.8 Å². The lowest BCUT2D eigenvalue weighted by Gasteiger charge is -2.18. The van der Waals surface area contributed by atoms with Crippen molar-refractivity contribution >= 4 is 21.9 Å². The second kappa shape index (κ2) is 8.81. The summed E-state index contributed by atoms with van der Waals surface area (Å²) in [5.41, 5.74) is -0.624. The van der Waals surface area contributed by atoms with Crippen molar-refractivity contribution in [2.75, 3.05) is 19.7 Å². The molecule has 9 heteroatoms. The summed E-state index contributed by atoms with van der Waals surface area (Å²) in [6.07, 6.45) is 1.95. The van der Waals surface area contributed by atoms with Gasteiger partial charge in [0, 0.05) is 25.3 Å². The summed E-state index contributed by atoms with van der Waals surface area (Å²) in [5.74, 6) is -1.31. The van der Waals surface area contributed by atoms with Crippen LogP contribution in [0.2, 0.25) is 0 Å². The van der Waals surface area contributed by atoms with Crippen molar-refractivity contribution in [3.8, 4) is 0 Å². The van der Waals surface area contributed by atoms with E-state index in [0.29, 0.717) is 12.2 Å². The van der Waals surface area contributed by atoms with Crippen LogP contribution in [0.3, 0.4) is 0 Å². The van der Waals surface area contributed by atoms with Gasteiger partial charge in [-0.25, -0.2) is 13.1 Å². The average molecular weight is 398 g/mol. The number of nitrogens with one attached hydrogen (secondary N) is 2. The van der Waals surface area contributed by atoms with Gasteiger partial charge < -0.3 is 15.2 Å². The van der Waals surface area contributed by atoms with E-state index in [2.05, 4.69) is 10.0 Å². The maximum atomic E-state index is 12.3.